The Bertz CT molecular complexity index is 358. The molecule has 0 spiro atoms. The van der Waals surface area contributed by atoms with E-state index in [1.54, 1.807) is 0 Å². The zero-order valence-corrected chi connectivity index (χ0v) is 11.1. The van der Waals surface area contributed by atoms with Crippen LogP contribution in [0.3, 0.4) is 0 Å². The second-order valence-electron chi connectivity index (χ2n) is 5.43. The van der Waals surface area contributed by atoms with Gasteiger partial charge in [0.25, 0.3) is 0 Å². The van der Waals surface area contributed by atoms with Gasteiger partial charge < -0.3 is 0 Å². The Morgan fingerprint density at radius 1 is 1.11 bits per heavy atom. The van der Waals surface area contributed by atoms with Crippen molar-refractivity contribution in [2.24, 2.45) is 5.92 Å². The first-order valence-corrected chi connectivity index (χ1v) is 7.09. The third-order valence-electron chi connectivity index (χ3n) is 4.20. The van der Waals surface area contributed by atoms with Crippen LogP contribution in [0.5, 0.6) is 0 Å². The Morgan fingerprint density at radius 3 is 2.33 bits per heavy atom. The number of halogens is 1. The van der Waals surface area contributed by atoms with Crippen LogP contribution in [0, 0.1) is 5.92 Å². The minimum atomic E-state index is -0.147. The highest BCUT2D eigenvalue weighted by Gasteiger charge is 2.21. The first kappa shape index (κ1) is 13.3. The summed E-state index contributed by atoms with van der Waals surface area (Å²) in [6.07, 6.45) is 8.51. The zero-order chi connectivity index (χ0) is 12.8. The molecule has 0 radical (unpaired) electrons. The first-order chi connectivity index (χ1) is 8.83. The van der Waals surface area contributed by atoms with Crippen molar-refractivity contribution < 1.29 is 4.39 Å². The highest BCUT2D eigenvalue weighted by atomic mass is 19.1. The lowest BCUT2D eigenvalue weighted by atomic mass is 9.77. The highest BCUT2D eigenvalue weighted by Crippen LogP contribution is 2.37. The number of benzene rings is 1. The molecule has 0 aromatic heterocycles. The summed E-state index contributed by atoms with van der Waals surface area (Å²) in [4.78, 5) is 0. The average molecular weight is 246 g/mol. The molecule has 1 saturated carbocycles. The molecule has 1 aliphatic carbocycles. The van der Waals surface area contributed by atoms with Crippen LogP contribution >= 0.6 is 0 Å². The second kappa shape index (κ2) is 6.72. The third kappa shape index (κ3) is 3.44. The molecule has 0 N–H and O–H groups in total. The van der Waals surface area contributed by atoms with Gasteiger partial charge in [0.1, 0.15) is 0 Å². The van der Waals surface area contributed by atoms with Crippen LogP contribution in [-0.2, 0) is 6.42 Å². The molecule has 0 aliphatic heterocycles. The molecular formula is C17H23F. The lowest BCUT2D eigenvalue weighted by molar-refractivity contribution is 0.283. The van der Waals surface area contributed by atoms with Crippen molar-refractivity contribution in [3.05, 3.63) is 48.0 Å². The molecule has 0 nitrogen and oxygen atoms in total. The summed E-state index contributed by atoms with van der Waals surface area (Å²) in [5, 5.41) is 0. The van der Waals surface area contributed by atoms with Crippen molar-refractivity contribution in [3.8, 4) is 0 Å². The van der Waals surface area contributed by atoms with E-state index < -0.39 is 0 Å². The van der Waals surface area contributed by atoms with Crippen LogP contribution in [0.15, 0.2) is 36.9 Å². The van der Waals surface area contributed by atoms with Gasteiger partial charge in [-0.05, 0) is 61.5 Å². The van der Waals surface area contributed by atoms with Gasteiger partial charge in [-0.1, -0.05) is 30.3 Å². The molecule has 0 atom stereocenters. The van der Waals surface area contributed by atoms with Gasteiger partial charge in [-0.15, -0.1) is 6.58 Å². The second-order valence-corrected chi connectivity index (χ2v) is 5.43. The fraction of sp³-hybridized carbons (Fsp3) is 0.529. The Morgan fingerprint density at radius 2 is 1.78 bits per heavy atom. The summed E-state index contributed by atoms with van der Waals surface area (Å²) >= 11 is 0. The van der Waals surface area contributed by atoms with Crippen molar-refractivity contribution >= 4 is 0 Å². The quantitative estimate of drug-likeness (QED) is 0.638. The monoisotopic (exact) mass is 246 g/mol. The van der Waals surface area contributed by atoms with Gasteiger partial charge in [0.2, 0.25) is 0 Å². The van der Waals surface area contributed by atoms with Gasteiger partial charge in [0, 0.05) is 0 Å². The third-order valence-corrected chi connectivity index (χ3v) is 4.20. The molecule has 0 saturated heterocycles. The van der Waals surface area contributed by atoms with E-state index in [9.17, 15) is 4.39 Å². The van der Waals surface area contributed by atoms with E-state index in [1.807, 2.05) is 6.08 Å². The van der Waals surface area contributed by atoms with Crippen molar-refractivity contribution in [1.82, 2.24) is 0 Å². The fourth-order valence-electron chi connectivity index (χ4n) is 3.03. The summed E-state index contributed by atoms with van der Waals surface area (Å²) in [5.74, 6) is 1.32. The predicted octanol–water partition coefficient (Wildman–Crippen LogP) is 5.05. The molecule has 1 aromatic rings. The normalized spacial score (nSPS) is 23.8. The van der Waals surface area contributed by atoms with Gasteiger partial charge in [0.15, 0.2) is 0 Å². The minimum absolute atomic E-state index is 0.147. The van der Waals surface area contributed by atoms with Gasteiger partial charge in [-0.2, -0.15) is 0 Å². The van der Waals surface area contributed by atoms with E-state index in [2.05, 4.69) is 30.8 Å². The van der Waals surface area contributed by atoms with E-state index in [0.717, 1.165) is 12.8 Å². The highest BCUT2D eigenvalue weighted by molar-refractivity contribution is 5.26. The van der Waals surface area contributed by atoms with Crippen molar-refractivity contribution in [3.63, 3.8) is 0 Å². The number of hydrogen-bond acceptors (Lipinski definition) is 0. The molecule has 0 bridgehead atoms. The first-order valence-electron chi connectivity index (χ1n) is 7.09. The summed E-state index contributed by atoms with van der Waals surface area (Å²) < 4.78 is 12.3. The molecule has 1 heteroatoms. The number of hydrogen-bond donors (Lipinski definition) is 0. The smallest absolute Gasteiger partial charge is 0.0897 e. The molecule has 0 amide bonds. The van der Waals surface area contributed by atoms with E-state index in [0.29, 0.717) is 11.8 Å². The SMILES string of the molecule is C=CCc1ccc(C2CCC(CCF)CC2)cc1. The summed E-state index contributed by atoms with van der Waals surface area (Å²) in [7, 11) is 0. The zero-order valence-electron chi connectivity index (χ0n) is 11.1. The minimum Gasteiger partial charge on any atom is -0.251 e. The summed E-state index contributed by atoms with van der Waals surface area (Å²) in [6, 6.07) is 8.95. The number of alkyl halides is 1. The molecule has 98 valence electrons. The maximum absolute atomic E-state index is 12.3. The average Bonchev–Trinajstić information content (AvgIpc) is 2.41. The Balaban J connectivity index is 1.90. The van der Waals surface area contributed by atoms with Crippen molar-refractivity contribution in [2.45, 2.75) is 44.4 Å². The largest absolute Gasteiger partial charge is 0.251 e. The molecule has 1 fully saturated rings. The van der Waals surface area contributed by atoms with Crippen LogP contribution in [0.25, 0.3) is 0 Å². The molecular weight excluding hydrogens is 223 g/mol. The molecule has 18 heavy (non-hydrogen) atoms. The standard InChI is InChI=1S/C17H23F/c1-2-3-14-4-8-16(9-5-14)17-10-6-15(7-11-17)12-13-18/h2,4-5,8-9,15,17H,1,3,6-7,10-13H2. The Labute approximate surface area is 110 Å². The van der Waals surface area contributed by atoms with E-state index in [1.165, 1.54) is 36.8 Å². The molecule has 1 aromatic carbocycles. The van der Waals surface area contributed by atoms with Crippen molar-refractivity contribution in [2.75, 3.05) is 6.67 Å². The van der Waals surface area contributed by atoms with Crippen LogP contribution in [-0.4, -0.2) is 6.67 Å². The van der Waals surface area contributed by atoms with E-state index in [4.69, 9.17) is 0 Å². The van der Waals surface area contributed by atoms with E-state index in [-0.39, 0.29) is 6.67 Å². The van der Waals surface area contributed by atoms with Gasteiger partial charge >= 0.3 is 0 Å². The maximum atomic E-state index is 12.3. The lowest BCUT2D eigenvalue weighted by Crippen LogP contribution is -2.13. The van der Waals surface area contributed by atoms with E-state index >= 15 is 0 Å². The number of allylic oxidation sites excluding steroid dienone is 1. The number of rotatable bonds is 5. The predicted molar refractivity (Wildman–Crippen MR) is 75.6 cm³/mol. The van der Waals surface area contributed by atoms with Gasteiger partial charge in [-0.3, -0.25) is 4.39 Å². The van der Waals surface area contributed by atoms with Gasteiger partial charge in [-0.25, -0.2) is 0 Å². The van der Waals surface area contributed by atoms with Crippen LogP contribution in [0.1, 0.15) is 49.1 Å². The summed E-state index contributed by atoms with van der Waals surface area (Å²) in [5.41, 5.74) is 2.79. The molecule has 1 aliphatic rings. The molecule has 0 heterocycles. The topological polar surface area (TPSA) is 0 Å². The molecule has 0 unspecified atom stereocenters. The van der Waals surface area contributed by atoms with Crippen LogP contribution in [0.2, 0.25) is 0 Å². The van der Waals surface area contributed by atoms with Gasteiger partial charge in [0.05, 0.1) is 6.67 Å². The molecule has 2 rings (SSSR count). The Hall–Kier alpha value is -1.11. The Kier molecular flexibility index (Phi) is 4.98. The lowest BCUT2D eigenvalue weighted by Gasteiger charge is -2.28. The van der Waals surface area contributed by atoms with Crippen LogP contribution in [0.4, 0.5) is 4.39 Å². The van der Waals surface area contributed by atoms with Crippen molar-refractivity contribution in [1.29, 1.82) is 0 Å². The maximum Gasteiger partial charge on any atom is 0.0897 e. The fourth-order valence-corrected chi connectivity index (χ4v) is 3.03. The summed E-state index contributed by atoms with van der Waals surface area (Å²) in [6.45, 7) is 3.62. The van der Waals surface area contributed by atoms with Crippen LogP contribution < -0.4 is 0 Å².